The summed E-state index contributed by atoms with van der Waals surface area (Å²) in [7, 11) is 0. The van der Waals surface area contributed by atoms with Gasteiger partial charge >= 0.3 is 0 Å². The van der Waals surface area contributed by atoms with E-state index in [-0.39, 0.29) is 0 Å². The topological polar surface area (TPSA) is 0 Å². The molecule has 0 aromatic carbocycles. The molecule has 1 atom stereocenters. The van der Waals surface area contributed by atoms with E-state index in [1.54, 1.807) is 0 Å². The van der Waals surface area contributed by atoms with Crippen molar-refractivity contribution >= 4 is 0 Å². The van der Waals surface area contributed by atoms with Gasteiger partial charge in [0.1, 0.15) is 0 Å². The Bertz CT molecular complexity index is 140. The summed E-state index contributed by atoms with van der Waals surface area (Å²) < 4.78 is 0. The molecular formula is C13H26. The maximum atomic E-state index is 2.28. The van der Waals surface area contributed by atoms with Crippen LogP contribution in [0.4, 0.5) is 0 Å². The van der Waals surface area contributed by atoms with Crippen LogP contribution in [0.1, 0.15) is 54.4 Å². The van der Waals surface area contributed by atoms with Crippen LogP contribution in [0.2, 0.25) is 0 Å². The summed E-state index contributed by atoms with van der Waals surface area (Å²) in [5, 5.41) is 0. The molecule has 0 nitrogen and oxygen atoms in total. The highest BCUT2D eigenvalue weighted by molar-refractivity contribution is 5.20. The van der Waals surface area contributed by atoms with Crippen molar-refractivity contribution in [3.05, 3.63) is 23.8 Å². The molecule has 78 valence electrons. The van der Waals surface area contributed by atoms with Gasteiger partial charge < -0.3 is 0 Å². The van der Waals surface area contributed by atoms with E-state index in [1.807, 2.05) is 13.8 Å². The fraction of sp³-hybridized carbons (Fsp3) is 0.692. The van der Waals surface area contributed by atoms with Crippen LogP contribution in [-0.2, 0) is 0 Å². The third kappa shape index (κ3) is 11.5. The van der Waals surface area contributed by atoms with Crippen molar-refractivity contribution in [2.24, 2.45) is 5.92 Å². The molecule has 0 bridgehead atoms. The minimum Gasteiger partial charge on any atom is -0.0811 e. The van der Waals surface area contributed by atoms with Gasteiger partial charge in [-0.3, -0.25) is 0 Å². The Kier molecular flexibility index (Phi) is 13.2. The highest BCUT2D eigenvalue weighted by Gasteiger charge is 1.97. The number of hydrogen-bond acceptors (Lipinski definition) is 0. The smallest absolute Gasteiger partial charge is 0.0224 e. The van der Waals surface area contributed by atoms with Gasteiger partial charge in [-0.15, -0.1) is 0 Å². The molecule has 0 aliphatic heterocycles. The molecule has 0 saturated carbocycles. The van der Waals surface area contributed by atoms with Gasteiger partial charge in [0.05, 0.1) is 0 Å². The van der Waals surface area contributed by atoms with E-state index in [4.69, 9.17) is 0 Å². The SMILES string of the molecule is CC.CC1=CCC(C)C=C1.CCC. The van der Waals surface area contributed by atoms with E-state index in [2.05, 4.69) is 45.9 Å². The van der Waals surface area contributed by atoms with Gasteiger partial charge in [-0.05, 0) is 19.3 Å². The molecule has 1 rings (SSSR count). The normalized spacial score (nSPS) is 18.9. The summed E-state index contributed by atoms with van der Waals surface area (Å²) in [5.41, 5.74) is 1.41. The van der Waals surface area contributed by atoms with Crippen LogP contribution in [-0.4, -0.2) is 0 Å². The average molecular weight is 182 g/mol. The molecule has 13 heavy (non-hydrogen) atoms. The highest BCUT2D eigenvalue weighted by atomic mass is 14.0. The maximum absolute atomic E-state index is 2.28. The van der Waals surface area contributed by atoms with Crippen LogP contribution in [0.15, 0.2) is 23.8 Å². The zero-order valence-corrected chi connectivity index (χ0v) is 10.2. The van der Waals surface area contributed by atoms with Crippen molar-refractivity contribution < 1.29 is 0 Å². The fourth-order valence-electron chi connectivity index (χ4n) is 0.834. The fourth-order valence-corrected chi connectivity index (χ4v) is 0.834. The quantitative estimate of drug-likeness (QED) is 0.496. The maximum Gasteiger partial charge on any atom is -0.0224 e. The zero-order chi connectivity index (χ0) is 10.7. The van der Waals surface area contributed by atoms with Gasteiger partial charge in [0, 0.05) is 0 Å². The molecule has 0 saturated heterocycles. The lowest BCUT2D eigenvalue weighted by Gasteiger charge is -2.06. The zero-order valence-electron chi connectivity index (χ0n) is 10.2. The Balaban J connectivity index is 0. The van der Waals surface area contributed by atoms with E-state index < -0.39 is 0 Å². The lowest BCUT2D eigenvalue weighted by atomic mass is 10.00. The second kappa shape index (κ2) is 11.5. The average Bonchev–Trinajstić information content (AvgIpc) is 2.15. The van der Waals surface area contributed by atoms with E-state index in [0.29, 0.717) is 0 Å². The van der Waals surface area contributed by atoms with Crippen LogP contribution < -0.4 is 0 Å². The molecule has 1 aliphatic carbocycles. The molecule has 0 radical (unpaired) electrons. The van der Waals surface area contributed by atoms with Crippen molar-refractivity contribution in [3.63, 3.8) is 0 Å². The predicted octanol–water partition coefficient (Wildman–Crippen LogP) is 4.97. The van der Waals surface area contributed by atoms with Crippen LogP contribution in [0.3, 0.4) is 0 Å². The molecule has 0 aromatic rings. The summed E-state index contributed by atoms with van der Waals surface area (Å²) in [6.45, 7) is 12.6. The molecule has 0 N–H and O–H groups in total. The van der Waals surface area contributed by atoms with E-state index >= 15 is 0 Å². The Morgan fingerprint density at radius 3 is 2.00 bits per heavy atom. The molecule has 0 heteroatoms. The highest BCUT2D eigenvalue weighted by Crippen LogP contribution is 2.13. The van der Waals surface area contributed by atoms with E-state index in [9.17, 15) is 0 Å². The number of hydrogen-bond donors (Lipinski definition) is 0. The molecule has 0 aromatic heterocycles. The van der Waals surface area contributed by atoms with Gasteiger partial charge in [0.15, 0.2) is 0 Å². The molecule has 0 amide bonds. The first-order chi connectivity index (χ1) is 6.20. The third-order valence-corrected chi connectivity index (χ3v) is 1.50. The summed E-state index contributed by atoms with van der Waals surface area (Å²) in [6, 6.07) is 0. The predicted molar refractivity (Wildman–Crippen MR) is 64.0 cm³/mol. The Morgan fingerprint density at radius 1 is 1.31 bits per heavy atom. The standard InChI is InChI=1S/C8H12.C3H8.C2H6/c1-7-3-5-8(2)6-4-7;1-3-2;1-2/h3-5,8H,6H2,1-2H3;3H2,1-2H3;1-2H3. The molecule has 0 heterocycles. The van der Waals surface area contributed by atoms with Gasteiger partial charge in [0.2, 0.25) is 0 Å². The number of rotatable bonds is 0. The second-order valence-corrected chi connectivity index (χ2v) is 3.23. The number of allylic oxidation sites excluding steroid dienone is 4. The van der Waals surface area contributed by atoms with Crippen LogP contribution >= 0.6 is 0 Å². The Labute approximate surface area is 84.7 Å². The molecular weight excluding hydrogens is 156 g/mol. The monoisotopic (exact) mass is 182 g/mol. The first kappa shape index (κ1) is 15.0. The van der Waals surface area contributed by atoms with Crippen molar-refractivity contribution in [1.29, 1.82) is 0 Å². The molecule has 1 aliphatic rings. The first-order valence-electron chi connectivity index (χ1n) is 5.55. The van der Waals surface area contributed by atoms with Gasteiger partial charge in [-0.1, -0.05) is 64.8 Å². The first-order valence-corrected chi connectivity index (χ1v) is 5.55. The summed E-state index contributed by atoms with van der Waals surface area (Å²) in [4.78, 5) is 0. The minimum absolute atomic E-state index is 0.763. The van der Waals surface area contributed by atoms with E-state index in [1.165, 1.54) is 18.4 Å². The minimum atomic E-state index is 0.763. The molecule has 1 unspecified atom stereocenters. The van der Waals surface area contributed by atoms with E-state index in [0.717, 1.165) is 5.92 Å². The lowest BCUT2D eigenvalue weighted by molar-refractivity contribution is 0.731. The van der Waals surface area contributed by atoms with Crippen LogP contribution in [0.25, 0.3) is 0 Å². The van der Waals surface area contributed by atoms with Crippen molar-refractivity contribution in [3.8, 4) is 0 Å². The van der Waals surface area contributed by atoms with Crippen LogP contribution in [0, 0.1) is 5.92 Å². The van der Waals surface area contributed by atoms with Crippen molar-refractivity contribution in [2.45, 2.75) is 54.4 Å². The van der Waals surface area contributed by atoms with Crippen LogP contribution in [0.5, 0.6) is 0 Å². The van der Waals surface area contributed by atoms with Crippen molar-refractivity contribution in [1.82, 2.24) is 0 Å². The van der Waals surface area contributed by atoms with Crippen molar-refractivity contribution in [2.75, 3.05) is 0 Å². The Hall–Kier alpha value is -0.520. The van der Waals surface area contributed by atoms with Gasteiger partial charge in [-0.2, -0.15) is 0 Å². The van der Waals surface area contributed by atoms with Gasteiger partial charge in [-0.25, -0.2) is 0 Å². The molecule has 0 spiro atoms. The summed E-state index contributed by atoms with van der Waals surface area (Å²) in [6.07, 6.45) is 9.20. The second-order valence-electron chi connectivity index (χ2n) is 3.23. The largest absolute Gasteiger partial charge is 0.0811 e. The lowest BCUT2D eigenvalue weighted by Crippen LogP contribution is -1.91. The third-order valence-electron chi connectivity index (χ3n) is 1.50. The summed E-state index contributed by atoms with van der Waals surface area (Å²) >= 11 is 0. The summed E-state index contributed by atoms with van der Waals surface area (Å²) in [5.74, 6) is 0.763. The molecule has 0 fully saturated rings. The Morgan fingerprint density at radius 2 is 1.77 bits per heavy atom. The van der Waals surface area contributed by atoms with Gasteiger partial charge in [0.25, 0.3) is 0 Å².